The number of aliphatic carboxylic acids is 1. The van der Waals surface area contributed by atoms with Crippen molar-refractivity contribution < 1.29 is 14.7 Å². The van der Waals surface area contributed by atoms with Crippen molar-refractivity contribution in [3.63, 3.8) is 0 Å². The number of rotatable bonds is 6. The van der Waals surface area contributed by atoms with Crippen molar-refractivity contribution >= 4 is 11.9 Å². The zero-order valence-electron chi connectivity index (χ0n) is 13.8. The van der Waals surface area contributed by atoms with Crippen molar-refractivity contribution in [3.05, 3.63) is 47.3 Å². The summed E-state index contributed by atoms with van der Waals surface area (Å²) in [6.45, 7) is 4.50. The van der Waals surface area contributed by atoms with Gasteiger partial charge in [-0.3, -0.25) is 9.59 Å². The Morgan fingerprint density at radius 3 is 2.50 bits per heavy atom. The van der Waals surface area contributed by atoms with Gasteiger partial charge in [0.1, 0.15) is 0 Å². The standard InChI is InChI=1S/C18H21N3O3/c1-11-9-12(2)21(20-11)14-5-3-13(4-6-14)7-8-19-17(22)15-10-16(15)18(23)24/h3-6,9,15-16H,7-8,10H2,1-2H3,(H,19,22)(H,23,24)/t15-,16+/m1/s1. The van der Waals surface area contributed by atoms with Gasteiger partial charge >= 0.3 is 5.97 Å². The zero-order chi connectivity index (χ0) is 17.3. The highest BCUT2D eigenvalue weighted by atomic mass is 16.4. The molecule has 0 aliphatic heterocycles. The Balaban J connectivity index is 1.51. The van der Waals surface area contributed by atoms with Crippen molar-refractivity contribution in [2.75, 3.05) is 6.54 Å². The molecule has 1 fully saturated rings. The Labute approximate surface area is 140 Å². The second kappa shape index (κ2) is 6.47. The molecule has 2 aromatic rings. The third-order valence-corrected chi connectivity index (χ3v) is 4.35. The predicted octanol–water partition coefficient (Wildman–Crippen LogP) is 1.87. The first-order valence-corrected chi connectivity index (χ1v) is 8.09. The maximum absolute atomic E-state index is 11.8. The summed E-state index contributed by atoms with van der Waals surface area (Å²) >= 11 is 0. The van der Waals surface area contributed by atoms with E-state index in [9.17, 15) is 9.59 Å². The van der Waals surface area contributed by atoms with Crippen LogP contribution in [0.2, 0.25) is 0 Å². The first-order chi connectivity index (χ1) is 11.5. The summed E-state index contributed by atoms with van der Waals surface area (Å²) in [6.07, 6.45) is 1.17. The lowest BCUT2D eigenvalue weighted by molar-refractivity contribution is -0.140. The lowest BCUT2D eigenvalue weighted by Crippen LogP contribution is -2.28. The Morgan fingerprint density at radius 1 is 1.25 bits per heavy atom. The first-order valence-electron chi connectivity index (χ1n) is 8.09. The van der Waals surface area contributed by atoms with E-state index in [1.54, 1.807) is 0 Å². The van der Waals surface area contributed by atoms with Gasteiger partial charge in [0.15, 0.2) is 0 Å². The summed E-state index contributed by atoms with van der Waals surface area (Å²) in [5.74, 6) is -1.88. The van der Waals surface area contributed by atoms with Crippen LogP contribution in [-0.2, 0) is 16.0 Å². The second-order valence-corrected chi connectivity index (χ2v) is 6.33. The number of nitrogens with zero attached hydrogens (tertiary/aromatic N) is 2. The Bertz CT molecular complexity index is 764. The molecule has 1 aliphatic carbocycles. The summed E-state index contributed by atoms with van der Waals surface area (Å²) < 4.78 is 1.90. The molecule has 0 spiro atoms. The summed E-state index contributed by atoms with van der Waals surface area (Å²) in [6, 6.07) is 10.1. The van der Waals surface area contributed by atoms with Crippen molar-refractivity contribution in [1.82, 2.24) is 15.1 Å². The zero-order valence-corrected chi connectivity index (χ0v) is 13.8. The number of nitrogens with one attached hydrogen (secondary N) is 1. The largest absolute Gasteiger partial charge is 0.481 e. The molecule has 3 rings (SSSR count). The molecule has 2 N–H and O–H groups in total. The quantitative estimate of drug-likeness (QED) is 0.848. The van der Waals surface area contributed by atoms with Crippen LogP contribution in [0.3, 0.4) is 0 Å². The van der Waals surface area contributed by atoms with E-state index >= 15 is 0 Å². The van der Waals surface area contributed by atoms with Gasteiger partial charge in [0, 0.05) is 12.2 Å². The van der Waals surface area contributed by atoms with Gasteiger partial charge in [-0.2, -0.15) is 5.10 Å². The number of amides is 1. The highest BCUT2D eigenvalue weighted by Gasteiger charge is 2.48. The first kappa shape index (κ1) is 16.2. The fourth-order valence-corrected chi connectivity index (χ4v) is 2.91. The molecule has 6 heteroatoms. The van der Waals surface area contributed by atoms with Crippen LogP contribution in [0.5, 0.6) is 0 Å². The number of carbonyl (C=O) groups is 2. The van der Waals surface area contributed by atoms with E-state index in [-0.39, 0.29) is 11.8 Å². The topological polar surface area (TPSA) is 84.2 Å². The minimum atomic E-state index is -0.880. The summed E-state index contributed by atoms with van der Waals surface area (Å²) in [7, 11) is 0. The van der Waals surface area contributed by atoms with E-state index in [1.807, 2.05) is 48.9 Å². The molecule has 24 heavy (non-hydrogen) atoms. The monoisotopic (exact) mass is 327 g/mol. The Kier molecular flexibility index (Phi) is 4.38. The van der Waals surface area contributed by atoms with E-state index in [1.165, 1.54) is 0 Å². The number of aryl methyl sites for hydroxylation is 2. The lowest BCUT2D eigenvalue weighted by Gasteiger charge is -2.07. The van der Waals surface area contributed by atoms with E-state index in [0.29, 0.717) is 19.4 Å². The highest BCUT2D eigenvalue weighted by molar-refractivity contribution is 5.89. The summed E-state index contributed by atoms with van der Waals surface area (Å²) in [5.41, 5.74) is 4.20. The smallest absolute Gasteiger partial charge is 0.307 e. The maximum atomic E-state index is 11.8. The molecular formula is C18H21N3O3. The fourth-order valence-electron chi connectivity index (χ4n) is 2.91. The molecule has 126 valence electrons. The van der Waals surface area contributed by atoms with Crippen molar-refractivity contribution in [1.29, 1.82) is 0 Å². The van der Waals surface area contributed by atoms with Crippen molar-refractivity contribution in [3.8, 4) is 5.69 Å². The number of hydrogen-bond acceptors (Lipinski definition) is 3. The average molecular weight is 327 g/mol. The van der Waals surface area contributed by atoms with Gasteiger partial charge in [0.05, 0.1) is 23.2 Å². The number of benzene rings is 1. The number of aromatic nitrogens is 2. The van der Waals surface area contributed by atoms with Crippen LogP contribution >= 0.6 is 0 Å². The number of carboxylic acids is 1. The van der Waals surface area contributed by atoms with Gasteiger partial charge in [0.25, 0.3) is 0 Å². The number of carbonyl (C=O) groups excluding carboxylic acids is 1. The van der Waals surface area contributed by atoms with Crippen LogP contribution in [-0.4, -0.2) is 33.3 Å². The third-order valence-electron chi connectivity index (χ3n) is 4.35. The molecule has 6 nitrogen and oxygen atoms in total. The summed E-state index contributed by atoms with van der Waals surface area (Å²) in [5, 5.41) is 16.1. The van der Waals surface area contributed by atoms with Gasteiger partial charge in [0.2, 0.25) is 5.91 Å². The van der Waals surface area contributed by atoms with Gasteiger partial charge < -0.3 is 10.4 Å². The van der Waals surface area contributed by atoms with Gasteiger partial charge in [-0.1, -0.05) is 12.1 Å². The van der Waals surface area contributed by atoms with Crippen LogP contribution in [0.25, 0.3) is 5.69 Å². The molecule has 1 aliphatic rings. The van der Waals surface area contributed by atoms with Crippen molar-refractivity contribution in [2.24, 2.45) is 11.8 Å². The van der Waals surface area contributed by atoms with E-state index in [0.717, 1.165) is 22.6 Å². The molecule has 0 bridgehead atoms. The van der Waals surface area contributed by atoms with Gasteiger partial charge in [-0.05, 0) is 50.5 Å². The van der Waals surface area contributed by atoms with E-state index in [2.05, 4.69) is 10.4 Å². The number of hydrogen-bond donors (Lipinski definition) is 2. The van der Waals surface area contributed by atoms with Crippen LogP contribution in [0, 0.1) is 25.7 Å². The highest BCUT2D eigenvalue weighted by Crippen LogP contribution is 2.38. The van der Waals surface area contributed by atoms with Crippen LogP contribution in [0.1, 0.15) is 23.4 Å². The minimum absolute atomic E-state index is 0.151. The van der Waals surface area contributed by atoms with E-state index in [4.69, 9.17) is 5.11 Å². The molecule has 1 saturated carbocycles. The lowest BCUT2D eigenvalue weighted by atomic mass is 10.1. The SMILES string of the molecule is Cc1cc(C)n(-c2ccc(CCNC(=O)[C@@H]3C[C@@H]3C(=O)O)cc2)n1. The predicted molar refractivity (Wildman–Crippen MR) is 89.0 cm³/mol. The molecule has 1 amide bonds. The number of carboxylic acid groups (broad SMARTS) is 1. The van der Waals surface area contributed by atoms with Crippen LogP contribution < -0.4 is 5.32 Å². The molecule has 0 radical (unpaired) electrons. The molecule has 0 saturated heterocycles. The van der Waals surface area contributed by atoms with E-state index < -0.39 is 11.9 Å². The van der Waals surface area contributed by atoms with Gasteiger partial charge in [-0.15, -0.1) is 0 Å². The Morgan fingerprint density at radius 2 is 1.96 bits per heavy atom. The molecule has 1 aromatic carbocycles. The molecule has 1 heterocycles. The fraction of sp³-hybridized carbons (Fsp3) is 0.389. The average Bonchev–Trinajstić information content (AvgIpc) is 3.28. The maximum Gasteiger partial charge on any atom is 0.307 e. The summed E-state index contributed by atoms with van der Waals surface area (Å²) in [4.78, 5) is 22.6. The van der Waals surface area contributed by atoms with Crippen LogP contribution in [0.4, 0.5) is 0 Å². The van der Waals surface area contributed by atoms with Crippen molar-refractivity contribution in [2.45, 2.75) is 26.7 Å². The third kappa shape index (κ3) is 3.48. The molecule has 2 atom stereocenters. The normalized spacial score (nSPS) is 19.1. The van der Waals surface area contributed by atoms with Gasteiger partial charge in [-0.25, -0.2) is 4.68 Å². The molecular weight excluding hydrogens is 306 g/mol. The van der Waals surface area contributed by atoms with Crippen LogP contribution in [0.15, 0.2) is 30.3 Å². The molecule has 0 unspecified atom stereocenters. The Hall–Kier alpha value is -2.63. The second-order valence-electron chi connectivity index (χ2n) is 6.33. The molecule has 1 aromatic heterocycles. The minimum Gasteiger partial charge on any atom is -0.481 e.